The van der Waals surface area contributed by atoms with Crippen LogP contribution < -0.4 is 10.9 Å². The van der Waals surface area contributed by atoms with E-state index in [4.69, 9.17) is 0 Å². The standard InChI is InChI=1S/C34H36F9N3O4/c1-16(2)11-25(46-15-19(9-10-45(5)6)21(13-26(46)47)33(38,39)40)32(50)44-24(14-27(48)49)29-30(36)20(12-22(31(29)37)34(41,42)43)28-17(3)7-8-23(35)18(28)4/h7-8,12-13,15-16,24-25H,9-11,14H2,1-6H3,(H,44,50)(H,48,49)/t24-,25?/m0/s1. The molecule has 7 nitrogen and oxygen atoms in total. The van der Waals surface area contributed by atoms with Gasteiger partial charge in [0, 0.05) is 29.9 Å². The zero-order valence-electron chi connectivity index (χ0n) is 27.9. The first-order valence-corrected chi connectivity index (χ1v) is 15.3. The topological polar surface area (TPSA) is 91.6 Å². The van der Waals surface area contributed by atoms with E-state index in [-0.39, 0.29) is 47.7 Å². The molecule has 16 heteroatoms. The highest BCUT2D eigenvalue weighted by molar-refractivity contribution is 5.82. The second kappa shape index (κ2) is 15.3. The molecule has 2 N–H and O–H groups in total. The van der Waals surface area contributed by atoms with E-state index in [0.717, 1.165) is 25.3 Å². The largest absolute Gasteiger partial charge is 0.481 e. The number of benzene rings is 2. The van der Waals surface area contributed by atoms with Crippen molar-refractivity contribution in [2.75, 3.05) is 20.6 Å². The number of aromatic nitrogens is 1. The minimum Gasteiger partial charge on any atom is -0.481 e. The molecule has 0 spiro atoms. The van der Waals surface area contributed by atoms with Gasteiger partial charge < -0.3 is 19.9 Å². The molecule has 0 aliphatic rings. The van der Waals surface area contributed by atoms with Crippen molar-refractivity contribution < 1.29 is 54.2 Å². The predicted molar refractivity (Wildman–Crippen MR) is 166 cm³/mol. The highest BCUT2D eigenvalue weighted by Crippen LogP contribution is 2.42. The Morgan fingerprint density at radius 1 is 0.940 bits per heavy atom. The number of nitrogens with one attached hydrogen (secondary N) is 1. The van der Waals surface area contributed by atoms with Crippen molar-refractivity contribution in [1.82, 2.24) is 14.8 Å². The van der Waals surface area contributed by atoms with Crippen LogP contribution in [0.3, 0.4) is 0 Å². The molecule has 1 heterocycles. The molecule has 0 saturated carbocycles. The van der Waals surface area contributed by atoms with Gasteiger partial charge in [0.1, 0.15) is 23.5 Å². The van der Waals surface area contributed by atoms with Crippen LogP contribution in [0.15, 0.2) is 35.3 Å². The minimum absolute atomic E-state index is 0.0936. The van der Waals surface area contributed by atoms with Gasteiger partial charge in [-0.25, -0.2) is 13.2 Å². The molecule has 3 aromatic rings. The molecular formula is C34H36F9N3O4. The van der Waals surface area contributed by atoms with Gasteiger partial charge in [0.25, 0.3) is 5.56 Å². The number of likely N-dealkylation sites (N-methyl/N-ethyl adjacent to an activating group) is 1. The van der Waals surface area contributed by atoms with Gasteiger partial charge in [-0.3, -0.25) is 14.4 Å². The average molecular weight is 722 g/mol. The summed E-state index contributed by atoms with van der Waals surface area (Å²) in [7, 11) is 3.19. The lowest BCUT2D eigenvalue weighted by molar-refractivity contribution is -0.140. The van der Waals surface area contributed by atoms with E-state index in [9.17, 15) is 50.2 Å². The fraction of sp³-hybridized carbons (Fsp3) is 0.441. The first kappa shape index (κ1) is 40.1. The summed E-state index contributed by atoms with van der Waals surface area (Å²) < 4.78 is 131. The summed E-state index contributed by atoms with van der Waals surface area (Å²) in [4.78, 5) is 40.4. The van der Waals surface area contributed by atoms with E-state index >= 15 is 8.78 Å². The Hall–Kier alpha value is -4.34. The van der Waals surface area contributed by atoms with Crippen molar-refractivity contribution in [3.8, 4) is 11.1 Å². The zero-order chi connectivity index (χ0) is 38.0. The van der Waals surface area contributed by atoms with Gasteiger partial charge in [-0.05, 0) is 81.1 Å². The minimum atomic E-state index is -5.47. The third kappa shape index (κ3) is 9.06. The van der Waals surface area contributed by atoms with Gasteiger partial charge in [0.2, 0.25) is 5.91 Å². The Bertz CT molecular complexity index is 1820. The first-order chi connectivity index (χ1) is 22.9. The molecule has 1 aromatic heterocycles. The molecule has 0 fully saturated rings. The second-order valence-electron chi connectivity index (χ2n) is 12.7. The van der Waals surface area contributed by atoms with Crippen LogP contribution in [0.5, 0.6) is 0 Å². The third-order valence-corrected chi connectivity index (χ3v) is 8.09. The van der Waals surface area contributed by atoms with E-state index in [1.807, 2.05) is 0 Å². The van der Waals surface area contributed by atoms with E-state index in [0.29, 0.717) is 10.6 Å². The number of carbonyl (C=O) groups is 2. The molecule has 0 aliphatic carbocycles. The maximum atomic E-state index is 16.3. The molecule has 274 valence electrons. The Morgan fingerprint density at radius 2 is 1.54 bits per heavy atom. The number of alkyl halides is 6. The van der Waals surface area contributed by atoms with Gasteiger partial charge in [-0.1, -0.05) is 19.9 Å². The summed E-state index contributed by atoms with van der Waals surface area (Å²) in [5, 5.41) is 11.7. The van der Waals surface area contributed by atoms with Crippen molar-refractivity contribution in [2.45, 2.75) is 71.4 Å². The van der Waals surface area contributed by atoms with Crippen molar-refractivity contribution >= 4 is 11.9 Å². The fourth-order valence-electron chi connectivity index (χ4n) is 5.69. The Labute approximate surface area is 281 Å². The lowest BCUT2D eigenvalue weighted by Gasteiger charge is -2.27. The monoisotopic (exact) mass is 721 g/mol. The van der Waals surface area contributed by atoms with E-state index in [1.165, 1.54) is 6.92 Å². The van der Waals surface area contributed by atoms with Crippen LogP contribution in [0.2, 0.25) is 0 Å². The van der Waals surface area contributed by atoms with Crippen molar-refractivity contribution in [3.05, 3.63) is 91.6 Å². The van der Waals surface area contributed by atoms with Crippen molar-refractivity contribution in [1.29, 1.82) is 0 Å². The van der Waals surface area contributed by atoms with Crippen molar-refractivity contribution in [2.24, 2.45) is 5.92 Å². The van der Waals surface area contributed by atoms with Gasteiger partial charge in [-0.15, -0.1) is 0 Å². The molecule has 1 amide bonds. The Kier molecular flexibility index (Phi) is 12.2. The number of carbonyl (C=O) groups excluding carboxylic acids is 1. The lowest BCUT2D eigenvalue weighted by atomic mass is 9.89. The number of pyridine rings is 1. The van der Waals surface area contributed by atoms with Crippen LogP contribution >= 0.6 is 0 Å². The highest BCUT2D eigenvalue weighted by Gasteiger charge is 2.41. The Balaban J connectivity index is 2.30. The molecule has 0 aliphatic heterocycles. The molecule has 2 atom stereocenters. The zero-order valence-corrected chi connectivity index (χ0v) is 27.9. The number of amides is 1. The van der Waals surface area contributed by atoms with Gasteiger partial charge >= 0.3 is 18.3 Å². The lowest BCUT2D eigenvalue weighted by Crippen LogP contribution is -2.41. The highest BCUT2D eigenvalue weighted by atomic mass is 19.4. The number of hydrogen-bond donors (Lipinski definition) is 2. The average Bonchev–Trinajstić information content (AvgIpc) is 2.96. The summed E-state index contributed by atoms with van der Waals surface area (Å²) in [6.07, 6.45) is -11.4. The number of carboxylic acids is 1. The van der Waals surface area contributed by atoms with Crippen LogP contribution in [0.4, 0.5) is 39.5 Å². The molecule has 1 unspecified atom stereocenters. The Morgan fingerprint density at radius 3 is 2.06 bits per heavy atom. The van der Waals surface area contributed by atoms with Gasteiger partial charge in [0.05, 0.1) is 23.6 Å². The number of aryl methyl sites for hydroxylation is 1. The molecule has 0 saturated heterocycles. The molecule has 50 heavy (non-hydrogen) atoms. The van der Waals surface area contributed by atoms with Crippen LogP contribution in [0, 0.1) is 37.2 Å². The maximum Gasteiger partial charge on any atom is 0.419 e. The summed E-state index contributed by atoms with van der Waals surface area (Å²) in [5.74, 6) is -8.43. The number of halogens is 9. The summed E-state index contributed by atoms with van der Waals surface area (Å²) in [5.41, 5.74) is -7.91. The first-order valence-electron chi connectivity index (χ1n) is 15.3. The van der Waals surface area contributed by atoms with Crippen molar-refractivity contribution in [3.63, 3.8) is 0 Å². The quantitative estimate of drug-likeness (QED) is 0.188. The second-order valence-corrected chi connectivity index (χ2v) is 12.7. The van der Waals surface area contributed by atoms with E-state index in [2.05, 4.69) is 5.32 Å². The summed E-state index contributed by atoms with van der Waals surface area (Å²) in [6, 6.07) is -1.47. The SMILES string of the molecule is Cc1ccc(F)c(C)c1-c1cc(C(F)(F)F)c(F)c([C@H](CC(=O)O)NC(=O)C(CC(C)C)n2cc(CCN(C)C)c(C(F)(F)F)cc2=O)c1F. The predicted octanol–water partition coefficient (Wildman–Crippen LogP) is 7.61. The van der Waals surface area contributed by atoms with Gasteiger partial charge in [-0.2, -0.15) is 26.3 Å². The van der Waals surface area contributed by atoms with Crippen LogP contribution in [-0.4, -0.2) is 47.1 Å². The molecule has 3 rings (SSSR count). The van der Waals surface area contributed by atoms with Crippen LogP contribution in [0.1, 0.15) is 72.2 Å². The molecule has 0 bridgehead atoms. The van der Waals surface area contributed by atoms with E-state index < -0.39 is 93.9 Å². The number of nitrogens with zero attached hydrogens (tertiary/aromatic N) is 2. The smallest absolute Gasteiger partial charge is 0.419 e. The molecule has 2 aromatic carbocycles. The normalized spacial score (nSPS) is 13.5. The molecule has 0 radical (unpaired) electrons. The number of aliphatic carboxylic acids is 1. The number of carboxylic acid groups (broad SMARTS) is 1. The summed E-state index contributed by atoms with van der Waals surface area (Å²) >= 11 is 0. The van der Waals surface area contributed by atoms with Crippen LogP contribution in [0.25, 0.3) is 11.1 Å². The summed E-state index contributed by atoms with van der Waals surface area (Å²) in [6.45, 7) is 5.75. The van der Waals surface area contributed by atoms with E-state index in [1.54, 1.807) is 32.8 Å². The third-order valence-electron chi connectivity index (χ3n) is 8.09. The maximum absolute atomic E-state index is 16.3. The number of rotatable bonds is 12. The van der Waals surface area contributed by atoms with Crippen LogP contribution in [-0.2, 0) is 28.4 Å². The van der Waals surface area contributed by atoms with Gasteiger partial charge in [0.15, 0.2) is 0 Å². The molecular weight excluding hydrogens is 685 g/mol. The fourth-order valence-corrected chi connectivity index (χ4v) is 5.69. The number of hydrogen-bond acceptors (Lipinski definition) is 4.